The lowest BCUT2D eigenvalue weighted by Gasteiger charge is -1.97. The van der Waals surface area contributed by atoms with Gasteiger partial charge in [0.05, 0.1) is 0 Å². The summed E-state index contributed by atoms with van der Waals surface area (Å²) in [5, 5.41) is 0.904. The number of rotatable bonds is 5. The van der Waals surface area contributed by atoms with Crippen LogP contribution in [-0.2, 0) is 4.79 Å². The number of carbonyl (C=O) groups excluding carboxylic acids is 1. The average Bonchev–Trinajstić information content (AvgIpc) is 2.59. The van der Waals surface area contributed by atoms with Crippen LogP contribution in [0.15, 0.2) is 0 Å². The van der Waals surface area contributed by atoms with Crippen molar-refractivity contribution in [2.24, 2.45) is 0 Å². The summed E-state index contributed by atoms with van der Waals surface area (Å²) < 4.78 is 0. The fourth-order valence-corrected chi connectivity index (χ4v) is 1.67. The van der Waals surface area contributed by atoms with E-state index in [0.717, 1.165) is 18.3 Å². The Morgan fingerprint density at radius 3 is 2.91 bits per heavy atom. The zero-order valence-electron chi connectivity index (χ0n) is 6.85. The molecule has 1 fully saturated rings. The number of halogens is 1. The van der Waals surface area contributed by atoms with E-state index in [2.05, 4.69) is 22.9 Å². The predicted octanol–water partition coefficient (Wildman–Crippen LogP) is 1.78. The van der Waals surface area contributed by atoms with Crippen molar-refractivity contribution in [2.75, 3.05) is 11.9 Å². The van der Waals surface area contributed by atoms with E-state index in [9.17, 15) is 4.79 Å². The Balaban J connectivity index is 2.14. The first kappa shape index (κ1) is 9.04. The first-order valence-corrected chi connectivity index (χ1v) is 5.29. The highest BCUT2D eigenvalue weighted by molar-refractivity contribution is 9.09. The monoisotopic (exact) mass is 219 g/mol. The molecule has 0 N–H and O–H groups in total. The maximum atomic E-state index is 11.0. The van der Waals surface area contributed by atoms with Crippen LogP contribution in [0.5, 0.6) is 0 Å². The Labute approximate surface area is 76.1 Å². The summed E-state index contributed by atoms with van der Waals surface area (Å²) in [6.45, 7) is 3.04. The Kier molecular flexibility index (Phi) is 3.37. The van der Waals surface area contributed by atoms with Gasteiger partial charge in [-0.3, -0.25) is 4.79 Å². The Morgan fingerprint density at radius 2 is 2.36 bits per heavy atom. The van der Waals surface area contributed by atoms with Crippen LogP contribution in [0, 0.1) is 0 Å². The first-order valence-electron chi connectivity index (χ1n) is 4.17. The lowest BCUT2D eigenvalue weighted by atomic mass is 10.2. The van der Waals surface area contributed by atoms with Crippen molar-refractivity contribution in [2.45, 2.75) is 32.2 Å². The lowest BCUT2D eigenvalue weighted by Crippen LogP contribution is -2.04. The van der Waals surface area contributed by atoms with E-state index in [1.165, 1.54) is 12.8 Å². The van der Waals surface area contributed by atoms with Gasteiger partial charge in [0.15, 0.2) is 0 Å². The van der Waals surface area contributed by atoms with Crippen LogP contribution in [0.3, 0.4) is 0 Å². The minimum absolute atomic E-state index is 0.271. The standard InChI is InChI=1S/C8H14BrNO/c1-2-3-4-7-8(11)10(7)6-5-9/h7H,2-6H2,1H3. The number of amides is 1. The van der Waals surface area contributed by atoms with E-state index in [1.807, 2.05) is 4.90 Å². The van der Waals surface area contributed by atoms with Crippen molar-refractivity contribution >= 4 is 21.8 Å². The molecule has 1 aliphatic heterocycles. The molecule has 1 rings (SSSR count). The highest BCUT2D eigenvalue weighted by Crippen LogP contribution is 2.24. The molecule has 0 saturated carbocycles. The molecule has 0 radical (unpaired) electrons. The molecule has 1 amide bonds. The summed E-state index contributed by atoms with van der Waals surface area (Å²) >= 11 is 3.32. The van der Waals surface area contributed by atoms with Crippen molar-refractivity contribution in [1.82, 2.24) is 4.90 Å². The van der Waals surface area contributed by atoms with Crippen LogP contribution in [0.1, 0.15) is 26.2 Å². The quantitative estimate of drug-likeness (QED) is 0.510. The van der Waals surface area contributed by atoms with E-state index in [0.29, 0.717) is 5.91 Å². The zero-order chi connectivity index (χ0) is 8.27. The Bertz CT molecular complexity index is 149. The van der Waals surface area contributed by atoms with Crippen molar-refractivity contribution in [3.8, 4) is 0 Å². The van der Waals surface area contributed by atoms with Gasteiger partial charge in [-0.2, -0.15) is 0 Å². The molecule has 1 heterocycles. The minimum Gasteiger partial charge on any atom is -0.328 e. The van der Waals surface area contributed by atoms with Gasteiger partial charge in [0.25, 0.3) is 0 Å². The van der Waals surface area contributed by atoms with Gasteiger partial charge in [-0.15, -0.1) is 0 Å². The molecule has 1 aliphatic rings. The van der Waals surface area contributed by atoms with Gasteiger partial charge >= 0.3 is 0 Å². The summed E-state index contributed by atoms with van der Waals surface area (Å²) in [7, 11) is 0. The van der Waals surface area contributed by atoms with Crippen LogP contribution >= 0.6 is 15.9 Å². The Morgan fingerprint density at radius 1 is 1.64 bits per heavy atom. The zero-order valence-corrected chi connectivity index (χ0v) is 8.43. The van der Waals surface area contributed by atoms with Crippen LogP contribution in [-0.4, -0.2) is 28.7 Å². The van der Waals surface area contributed by atoms with Crippen LogP contribution in [0.2, 0.25) is 0 Å². The second-order valence-electron chi connectivity index (χ2n) is 2.88. The fraction of sp³-hybridized carbons (Fsp3) is 0.875. The molecule has 11 heavy (non-hydrogen) atoms. The summed E-state index contributed by atoms with van der Waals surface area (Å²) in [4.78, 5) is 13.0. The van der Waals surface area contributed by atoms with Gasteiger partial charge < -0.3 is 4.90 Å². The molecule has 1 saturated heterocycles. The maximum Gasteiger partial charge on any atom is 0.246 e. The van der Waals surface area contributed by atoms with E-state index in [-0.39, 0.29) is 6.04 Å². The third-order valence-corrected chi connectivity index (χ3v) is 2.39. The van der Waals surface area contributed by atoms with Crippen molar-refractivity contribution < 1.29 is 4.79 Å². The van der Waals surface area contributed by atoms with Crippen molar-refractivity contribution in [1.29, 1.82) is 0 Å². The van der Waals surface area contributed by atoms with Crippen LogP contribution in [0.25, 0.3) is 0 Å². The molecule has 0 aromatic carbocycles. The molecule has 3 heteroatoms. The predicted molar refractivity (Wildman–Crippen MR) is 48.8 cm³/mol. The van der Waals surface area contributed by atoms with Crippen molar-refractivity contribution in [3.05, 3.63) is 0 Å². The molecular weight excluding hydrogens is 206 g/mol. The van der Waals surface area contributed by atoms with Gasteiger partial charge in [0.2, 0.25) is 5.91 Å². The summed E-state index contributed by atoms with van der Waals surface area (Å²) in [5.74, 6) is 0.345. The summed E-state index contributed by atoms with van der Waals surface area (Å²) in [5.41, 5.74) is 0. The van der Waals surface area contributed by atoms with Gasteiger partial charge in [0, 0.05) is 11.9 Å². The second-order valence-corrected chi connectivity index (χ2v) is 3.67. The van der Waals surface area contributed by atoms with Gasteiger partial charge in [-0.25, -0.2) is 0 Å². The molecule has 0 bridgehead atoms. The lowest BCUT2D eigenvalue weighted by molar-refractivity contribution is -0.113. The molecule has 0 aliphatic carbocycles. The highest BCUT2D eigenvalue weighted by atomic mass is 79.9. The number of nitrogens with zero attached hydrogens (tertiary/aromatic N) is 1. The van der Waals surface area contributed by atoms with E-state index < -0.39 is 0 Å². The van der Waals surface area contributed by atoms with Crippen LogP contribution in [0.4, 0.5) is 0 Å². The topological polar surface area (TPSA) is 20.1 Å². The Hall–Kier alpha value is -0.0500. The average molecular weight is 220 g/mol. The summed E-state index contributed by atoms with van der Waals surface area (Å²) in [6, 6.07) is 0.271. The maximum absolute atomic E-state index is 11.0. The number of hydrogen-bond donors (Lipinski definition) is 0. The third kappa shape index (κ3) is 2.19. The number of carbonyl (C=O) groups is 1. The molecule has 0 spiro atoms. The normalized spacial score (nSPS) is 22.5. The van der Waals surface area contributed by atoms with Gasteiger partial charge in [-0.05, 0) is 6.42 Å². The highest BCUT2D eigenvalue weighted by Gasteiger charge is 2.43. The molecule has 1 unspecified atom stereocenters. The van der Waals surface area contributed by atoms with Gasteiger partial charge in [0.1, 0.15) is 6.04 Å². The smallest absolute Gasteiger partial charge is 0.246 e. The third-order valence-electron chi connectivity index (χ3n) is 2.03. The molecule has 64 valence electrons. The number of hydrogen-bond acceptors (Lipinski definition) is 1. The minimum atomic E-state index is 0.271. The fourth-order valence-electron chi connectivity index (χ4n) is 1.29. The summed E-state index contributed by atoms with van der Waals surface area (Å²) in [6.07, 6.45) is 3.42. The first-order chi connectivity index (χ1) is 5.31. The molecule has 0 aromatic heterocycles. The van der Waals surface area contributed by atoms with E-state index in [4.69, 9.17) is 0 Å². The molecular formula is C8H14BrNO. The molecule has 2 nitrogen and oxygen atoms in total. The van der Waals surface area contributed by atoms with E-state index >= 15 is 0 Å². The largest absolute Gasteiger partial charge is 0.328 e. The molecule has 1 atom stereocenters. The SMILES string of the molecule is CCCCC1C(=O)N1CCBr. The van der Waals surface area contributed by atoms with Crippen LogP contribution < -0.4 is 0 Å². The van der Waals surface area contributed by atoms with E-state index in [1.54, 1.807) is 0 Å². The van der Waals surface area contributed by atoms with Crippen molar-refractivity contribution in [3.63, 3.8) is 0 Å². The van der Waals surface area contributed by atoms with Gasteiger partial charge in [-0.1, -0.05) is 35.7 Å². The number of unbranched alkanes of at least 4 members (excludes halogenated alkanes) is 1. The number of alkyl halides is 1. The molecule has 0 aromatic rings. The second kappa shape index (κ2) is 4.10.